The summed E-state index contributed by atoms with van der Waals surface area (Å²) in [5.74, 6) is 0.887. The van der Waals surface area contributed by atoms with Gasteiger partial charge in [-0.15, -0.1) is 0 Å². The lowest BCUT2D eigenvalue weighted by Crippen LogP contribution is -2.03. The zero-order valence-corrected chi connectivity index (χ0v) is 7.49. The summed E-state index contributed by atoms with van der Waals surface area (Å²) in [5.41, 5.74) is 0.700. The predicted octanol–water partition coefficient (Wildman–Crippen LogP) is 1.92. The molecule has 0 aliphatic carbocycles. The van der Waals surface area contributed by atoms with Crippen molar-refractivity contribution in [2.24, 2.45) is 0 Å². The van der Waals surface area contributed by atoms with Gasteiger partial charge < -0.3 is 0 Å². The van der Waals surface area contributed by atoms with E-state index in [0.29, 0.717) is 5.56 Å². The van der Waals surface area contributed by atoms with Crippen LogP contribution >= 0.6 is 11.6 Å². The summed E-state index contributed by atoms with van der Waals surface area (Å²) in [7, 11) is 0. The fourth-order valence-corrected chi connectivity index (χ4v) is 1.21. The van der Waals surface area contributed by atoms with E-state index in [1.54, 1.807) is 30.2 Å². The van der Waals surface area contributed by atoms with Gasteiger partial charge >= 0.3 is 0 Å². The van der Waals surface area contributed by atoms with E-state index < -0.39 is 11.2 Å². The van der Waals surface area contributed by atoms with Crippen LogP contribution < -0.4 is 0 Å². The van der Waals surface area contributed by atoms with E-state index in [0.717, 1.165) is 6.08 Å². The molecule has 3 heteroatoms. The maximum Gasteiger partial charge on any atom is 0.233 e. The van der Waals surface area contributed by atoms with Gasteiger partial charge in [0.25, 0.3) is 0 Å². The van der Waals surface area contributed by atoms with Crippen LogP contribution in [0.5, 0.6) is 0 Å². The van der Waals surface area contributed by atoms with Crippen LogP contribution in [-0.2, 0) is 9.59 Å². The van der Waals surface area contributed by atoms with Gasteiger partial charge in [0.15, 0.2) is 0 Å². The monoisotopic (exact) mass is 194 g/mol. The number of halogens is 1. The summed E-state index contributed by atoms with van der Waals surface area (Å²) >= 11 is 5.31. The van der Waals surface area contributed by atoms with Gasteiger partial charge in [-0.05, 0) is 17.2 Å². The Morgan fingerprint density at radius 2 is 2.00 bits per heavy atom. The van der Waals surface area contributed by atoms with Crippen LogP contribution in [0.15, 0.2) is 36.4 Å². The molecule has 0 amide bonds. The molecule has 0 heterocycles. The Kier molecular flexibility index (Phi) is 3.44. The Bertz CT molecular complexity index is 337. The summed E-state index contributed by atoms with van der Waals surface area (Å²) in [4.78, 5) is 21.0. The van der Waals surface area contributed by atoms with Crippen molar-refractivity contribution in [1.29, 1.82) is 0 Å². The Labute approximate surface area is 80.8 Å². The molecule has 13 heavy (non-hydrogen) atoms. The molecule has 1 rings (SSSR count). The molecule has 2 nitrogen and oxygen atoms in total. The standard InChI is InChI=1S/C10H7ClO2/c11-10(13)9(6-7-12)8-4-2-1-3-5-8/h1-6,9H. The SMILES string of the molecule is O=C=CC(C(=O)Cl)c1ccccc1. The topological polar surface area (TPSA) is 34.1 Å². The van der Waals surface area contributed by atoms with E-state index in [9.17, 15) is 9.59 Å². The third kappa shape index (κ3) is 2.55. The van der Waals surface area contributed by atoms with Gasteiger partial charge in [0.1, 0.15) is 5.94 Å². The van der Waals surface area contributed by atoms with Gasteiger partial charge in [0, 0.05) is 6.08 Å². The van der Waals surface area contributed by atoms with Crippen LogP contribution in [0, 0.1) is 0 Å². The smallest absolute Gasteiger partial charge is 0.233 e. The second-order valence-electron chi connectivity index (χ2n) is 2.48. The first-order valence-corrected chi connectivity index (χ1v) is 4.09. The van der Waals surface area contributed by atoms with Crippen molar-refractivity contribution >= 4 is 22.8 Å². The van der Waals surface area contributed by atoms with E-state index in [1.807, 2.05) is 6.07 Å². The summed E-state index contributed by atoms with van der Waals surface area (Å²) in [5, 5.41) is -0.574. The summed E-state index contributed by atoms with van der Waals surface area (Å²) in [6.07, 6.45) is 1.12. The van der Waals surface area contributed by atoms with Gasteiger partial charge in [0.2, 0.25) is 5.24 Å². The highest BCUT2D eigenvalue weighted by Crippen LogP contribution is 2.18. The molecule has 1 atom stereocenters. The molecule has 66 valence electrons. The lowest BCUT2D eigenvalue weighted by molar-refractivity contribution is -0.112. The third-order valence-electron chi connectivity index (χ3n) is 1.64. The average Bonchev–Trinajstić information content (AvgIpc) is 2.15. The molecule has 0 spiro atoms. The highest BCUT2D eigenvalue weighted by Gasteiger charge is 2.14. The van der Waals surface area contributed by atoms with Gasteiger partial charge in [-0.2, -0.15) is 0 Å². The second kappa shape index (κ2) is 4.61. The van der Waals surface area contributed by atoms with Crippen molar-refractivity contribution in [2.75, 3.05) is 0 Å². The number of benzene rings is 1. The van der Waals surface area contributed by atoms with Crippen molar-refractivity contribution in [1.82, 2.24) is 0 Å². The molecule has 0 N–H and O–H groups in total. The Morgan fingerprint density at radius 1 is 1.38 bits per heavy atom. The summed E-state index contributed by atoms with van der Waals surface area (Å²) < 4.78 is 0. The molecular formula is C10H7ClO2. The fourth-order valence-electron chi connectivity index (χ4n) is 1.02. The molecule has 1 aromatic rings. The van der Waals surface area contributed by atoms with Gasteiger partial charge in [-0.25, -0.2) is 4.79 Å². The minimum Gasteiger partial charge on any atom is -0.280 e. The van der Waals surface area contributed by atoms with Crippen LogP contribution in [0.2, 0.25) is 0 Å². The van der Waals surface area contributed by atoms with Crippen LogP contribution in [0.4, 0.5) is 0 Å². The Balaban J connectivity index is 3.02. The van der Waals surface area contributed by atoms with Crippen LogP contribution in [0.1, 0.15) is 11.5 Å². The Morgan fingerprint density at radius 3 is 2.46 bits per heavy atom. The molecule has 0 aromatic heterocycles. The zero-order valence-electron chi connectivity index (χ0n) is 6.74. The van der Waals surface area contributed by atoms with Crippen LogP contribution in [0.3, 0.4) is 0 Å². The fraction of sp³-hybridized carbons (Fsp3) is 0.100. The quantitative estimate of drug-likeness (QED) is 0.544. The molecule has 0 saturated carbocycles. The van der Waals surface area contributed by atoms with Crippen molar-refractivity contribution in [3.63, 3.8) is 0 Å². The van der Waals surface area contributed by atoms with E-state index in [4.69, 9.17) is 11.6 Å². The number of carbonyl (C=O) groups is 1. The first kappa shape index (κ1) is 9.72. The number of carbonyl (C=O) groups excluding carboxylic acids is 2. The first-order valence-electron chi connectivity index (χ1n) is 3.71. The average molecular weight is 195 g/mol. The molecule has 0 saturated heterocycles. The second-order valence-corrected chi connectivity index (χ2v) is 2.85. The largest absolute Gasteiger partial charge is 0.280 e. The molecule has 0 aliphatic rings. The highest BCUT2D eigenvalue weighted by molar-refractivity contribution is 6.65. The van der Waals surface area contributed by atoms with Crippen molar-refractivity contribution in [3.8, 4) is 0 Å². The third-order valence-corrected chi connectivity index (χ3v) is 1.87. The minimum absolute atomic E-state index is 0.574. The normalized spacial score (nSPS) is 11.5. The molecule has 0 radical (unpaired) electrons. The van der Waals surface area contributed by atoms with Crippen molar-refractivity contribution < 1.29 is 9.59 Å². The van der Waals surface area contributed by atoms with Crippen molar-refractivity contribution in [2.45, 2.75) is 5.92 Å². The van der Waals surface area contributed by atoms with E-state index >= 15 is 0 Å². The number of hydrogen-bond donors (Lipinski definition) is 0. The number of hydrogen-bond acceptors (Lipinski definition) is 2. The minimum atomic E-state index is -0.680. The number of rotatable bonds is 3. The first-order chi connectivity index (χ1) is 6.25. The van der Waals surface area contributed by atoms with Gasteiger partial charge in [-0.1, -0.05) is 30.3 Å². The maximum absolute atomic E-state index is 10.9. The predicted molar refractivity (Wildman–Crippen MR) is 50.3 cm³/mol. The molecule has 1 aromatic carbocycles. The summed E-state index contributed by atoms with van der Waals surface area (Å²) in [6, 6.07) is 8.85. The zero-order chi connectivity index (χ0) is 9.68. The van der Waals surface area contributed by atoms with E-state index in [-0.39, 0.29) is 0 Å². The maximum atomic E-state index is 10.9. The molecular weight excluding hydrogens is 188 g/mol. The lowest BCUT2D eigenvalue weighted by Gasteiger charge is -2.04. The van der Waals surface area contributed by atoms with E-state index in [1.165, 1.54) is 0 Å². The molecule has 0 bridgehead atoms. The number of allylic oxidation sites excluding steroid dienone is 1. The van der Waals surface area contributed by atoms with Crippen LogP contribution in [-0.4, -0.2) is 11.2 Å². The molecule has 0 aliphatic heterocycles. The Hall–Kier alpha value is -1.37. The summed E-state index contributed by atoms with van der Waals surface area (Å²) in [6.45, 7) is 0. The van der Waals surface area contributed by atoms with E-state index in [2.05, 4.69) is 0 Å². The molecule has 1 unspecified atom stereocenters. The van der Waals surface area contributed by atoms with Crippen molar-refractivity contribution in [3.05, 3.63) is 42.0 Å². The highest BCUT2D eigenvalue weighted by atomic mass is 35.5. The molecule has 0 fully saturated rings. The van der Waals surface area contributed by atoms with Gasteiger partial charge in [-0.3, -0.25) is 4.79 Å². The lowest BCUT2D eigenvalue weighted by atomic mass is 10.0. The van der Waals surface area contributed by atoms with Gasteiger partial charge in [0.05, 0.1) is 5.92 Å². The van der Waals surface area contributed by atoms with Crippen LogP contribution in [0.25, 0.3) is 0 Å².